The summed E-state index contributed by atoms with van der Waals surface area (Å²) < 4.78 is 38.0. The van der Waals surface area contributed by atoms with Gasteiger partial charge in [-0.3, -0.25) is 9.59 Å². The van der Waals surface area contributed by atoms with Gasteiger partial charge < -0.3 is 9.80 Å². The number of benzene rings is 1. The average molecular weight is 328 g/mol. The SMILES string of the molecule is CCN(Cc1ccccc1)C(=O)C1CCCN1C(=O)C(F)(F)F. The quantitative estimate of drug-likeness (QED) is 0.852. The van der Waals surface area contributed by atoms with E-state index in [2.05, 4.69) is 0 Å². The highest BCUT2D eigenvalue weighted by molar-refractivity contribution is 5.90. The van der Waals surface area contributed by atoms with Crippen LogP contribution in [0.15, 0.2) is 30.3 Å². The summed E-state index contributed by atoms with van der Waals surface area (Å²) in [5.74, 6) is -2.35. The third kappa shape index (κ3) is 4.03. The molecule has 1 aromatic rings. The molecule has 2 rings (SSSR count). The van der Waals surface area contributed by atoms with Gasteiger partial charge in [-0.15, -0.1) is 0 Å². The van der Waals surface area contributed by atoms with E-state index < -0.39 is 24.0 Å². The predicted molar refractivity (Wildman–Crippen MR) is 78.3 cm³/mol. The molecule has 0 bridgehead atoms. The Morgan fingerprint density at radius 1 is 1.26 bits per heavy atom. The molecule has 126 valence electrons. The molecule has 1 saturated heterocycles. The van der Waals surface area contributed by atoms with Gasteiger partial charge in [0.25, 0.3) is 0 Å². The third-order valence-electron chi connectivity index (χ3n) is 3.95. The van der Waals surface area contributed by atoms with Gasteiger partial charge in [-0.1, -0.05) is 30.3 Å². The Morgan fingerprint density at radius 3 is 2.48 bits per heavy atom. The van der Waals surface area contributed by atoms with E-state index in [1.165, 1.54) is 4.90 Å². The number of rotatable bonds is 4. The van der Waals surface area contributed by atoms with Crippen LogP contribution in [0.2, 0.25) is 0 Å². The second-order valence-electron chi connectivity index (χ2n) is 5.49. The first kappa shape index (κ1) is 17.3. The lowest BCUT2D eigenvalue weighted by Crippen LogP contribution is -2.51. The van der Waals surface area contributed by atoms with E-state index in [1.807, 2.05) is 30.3 Å². The van der Waals surface area contributed by atoms with Crippen LogP contribution in [0, 0.1) is 0 Å². The Balaban J connectivity index is 2.11. The number of nitrogens with zero attached hydrogens (tertiary/aromatic N) is 2. The molecule has 1 aliphatic heterocycles. The van der Waals surface area contributed by atoms with Crippen molar-refractivity contribution in [1.29, 1.82) is 0 Å². The van der Waals surface area contributed by atoms with Crippen molar-refractivity contribution in [2.45, 2.75) is 38.5 Å². The molecule has 7 heteroatoms. The van der Waals surface area contributed by atoms with Gasteiger partial charge in [-0.05, 0) is 25.3 Å². The zero-order valence-corrected chi connectivity index (χ0v) is 12.8. The first-order chi connectivity index (χ1) is 10.8. The highest BCUT2D eigenvalue weighted by atomic mass is 19.4. The molecule has 4 nitrogen and oxygen atoms in total. The van der Waals surface area contributed by atoms with Gasteiger partial charge in [-0.25, -0.2) is 0 Å². The van der Waals surface area contributed by atoms with Crippen LogP contribution in [0.5, 0.6) is 0 Å². The Hall–Kier alpha value is -2.05. The maximum absolute atomic E-state index is 12.7. The molecule has 1 unspecified atom stereocenters. The molecule has 1 fully saturated rings. The van der Waals surface area contributed by atoms with Crippen molar-refractivity contribution in [3.63, 3.8) is 0 Å². The van der Waals surface area contributed by atoms with Crippen molar-refractivity contribution in [1.82, 2.24) is 9.80 Å². The highest BCUT2D eigenvalue weighted by Crippen LogP contribution is 2.27. The van der Waals surface area contributed by atoms with Gasteiger partial charge in [0.15, 0.2) is 0 Å². The number of hydrogen-bond acceptors (Lipinski definition) is 2. The summed E-state index contributed by atoms with van der Waals surface area (Å²) >= 11 is 0. The second kappa shape index (κ2) is 7.02. The fourth-order valence-electron chi connectivity index (χ4n) is 2.79. The number of amides is 2. The number of likely N-dealkylation sites (tertiary alicyclic amines) is 1. The molecule has 1 aromatic carbocycles. The zero-order chi connectivity index (χ0) is 17.0. The molecule has 1 heterocycles. The molecular weight excluding hydrogens is 309 g/mol. The molecule has 0 radical (unpaired) electrons. The van der Waals surface area contributed by atoms with Gasteiger partial charge in [-0.2, -0.15) is 13.2 Å². The maximum atomic E-state index is 12.7. The molecule has 1 aliphatic rings. The van der Waals surface area contributed by atoms with Crippen molar-refractivity contribution in [3.8, 4) is 0 Å². The molecule has 23 heavy (non-hydrogen) atoms. The van der Waals surface area contributed by atoms with E-state index in [-0.39, 0.29) is 13.0 Å². The van der Waals surface area contributed by atoms with Gasteiger partial charge in [0.1, 0.15) is 6.04 Å². The number of carbonyl (C=O) groups excluding carboxylic acids is 2. The van der Waals surface area contributed by atoms with Crippen molar-refractivity contribution in [2.75, 3.05) is 13.1 Å². The zero-order valence-electron chi connectivity index (χ0n) is 12.8. The molecular formula is C16H19F3N2O2. The van der Waals surface area contributed by atoms with Crippen LogP contribution in [0.25, 0.3) is 0 Å². The molecule has 0 spiro atoms. The Bertz CT molecular complexity index is 560. The van der Waals surface area contributed by atoms with Crippen molar-refractivity contribution in [3.05, 3.63) is 35.9 Å². The largest absolute Gasteiger partial charge is 0.471 e. The molecule has 0 saturated carbocycles. The van der Waals surface area contributed by atoms with Crippen LogP contribution in [0.1, 0.15) is 25.3 Å². The number of halogens is 3. The van der Waals surface area contributed by atoms with E-state index >= 15 is 0 Å². The van der Waals surface area contributed by atoms with E-state index in [0.717, 1.165) is 5.56 Å². The lowest BCUT2D eigenvalue weighted by molar-refractivity contribution is -0.187. The number of hydrogen-bond donors (Lipinski definition) is 0. The van der Waals surface area contributed by atoms with Crippen molar-refractivity contribution >= 4 is 11.8 Å². The standard InChI is InChI=1S/C16H19F3N2O2/c1-2-20(11-12-7-4-3-5-8-12)14(22)13-9-6-10-21(13)15(23)16(17,18)19/h3-5,7-8,13H,2,6,9-11H2,1H3. The van der Waals surface area contributed by atoms with Crippen LogP contribution >= 0.6 is 0 Å². The lowest BCUT2D eigenvalue weighted by Gasteiger charge is -2.30. The predicted octanol–water partition coefficient (Wildman–Crippen LogP) is 2.59. The van der Waals surface area contributed by atoms with Crippen LogP contribution in [-0.4, -0.2) is 46.9 Å². The normalized spacial score (nSPS) is 18.1. The fraction of sp³-hybridized carbons (Fsp3) is 0.500. The van der Waals surface area contributed by atoms with Crippen LogP contribution < -0.4 is 0 Å². The van der Waals surface area contributed by atoms with Crippen LogP contribution in [0.3, 0.4) is 0 Å². The Labute approximate surface area is 132 Å². The smallest absolute Gasteiger partial charge is 0.337 e. The minimum Gasteiger partial charge on any atom is -0.337 e. The number of alkyl halides is 3. The van der Waals surface area contributed by atoms with Gasteiger partial charge in [0.05, 0.1) is 0 Å². The topological polar surface area (TPSA) is 40.6 Å². The third-order valence-corrected chi connectivity index (χ3v) is 3.95. The summed E-state index contributed by atoms with van der Waals surface area (Å²) in [5, 5.41) is 0. The summed E-state index contributed by atoms with van der Waals surface area (Å²) in [5.41, 5.74) is 0.898. The van der Waals surface area contributed by atoms with E-state index in [0.29, 0.717) is 24.4 Å². The number of likely N-dealkylation sites (N-methyl/N-ethyl adjacent to an activating group) is 1. The van der Waals surface area contributed by atoms with Gasteiger partial charge in [0, 0.05) is 19.6 Å². The van der Waals surface area contributed by atoms with Crippen molar-refractivity contribution in [2.24, 2.45) is 0 Å². The summed E-state index contributed by atoms with van der Waals surface area (Å²) in [4.78, 5) is 26.2. The summed E-state index contributed by atoms with van der Waals surface area (Å²) in [6.45, 7) is 2.43. The highest BCUT2D eigenvalue weighted by Gasteiger charge is 2.48. The van der Waals surface area contributed by atoms with Crippen molar-refractivity contribution < 1.29 is 22.8 Å². The van der Waals surface area contributed by atoms with Gasteiger partial charge >= 0.3 is 12.1 Å². The lowest BCUT2D eigenvalue weighted by atomic mass is 10.1. The van der Waals surface area contributed by atoms with Gasteiger partial charge in [0.2, 0.25) is 5.91 Å². The molecule has 2 amide bonds. The molecule has 0 aliphatic carbocycles. The average Bonchev–Trinajstić information content (AvgIpc) is 3.00. The Kier molecular flexibility index (Phi) is 5.28. The second-order valence-corrected chi connectivity index (χ2v) is 5.49. The van der Waals surface area contributed by atoms with Crippen LogP contribution in [-0.2, 0) is 16.1 Å². The first-order valence-corrected chi connectivity index (χ1v) is 7.55. The Morgan fingerprint density at radius 2 is 1.91 bits per heavy atom. The fourth-order valence-corrected chi connectivity index (χ4v) is 2.79. The van der Waals surface area contributed by atoms with E-state index in [4.69, 9.17) is 0 Å². The minimum atomic E-state index is -4.95. The first-order valence-electron chi connectivity index (χ1n) is 7.55. The molecule has 0 aromatic heterocycles. The summed E-state index contributed by atoms with van der Waals surface area (Å²) in [7, 11) is 0. The molecule has 0 N–H and O–H groups in total. The number of carbonyl (C=O) groups is 2. The van der Waals surface area contributed by atoms with E-state index in [9.17, 15) is 22.8 Å². The minimum absolute atomic E-state index is 0.0301. The summed E-state index contributed by atoms with van der Waals surface area (Å²) in [6.07, 6.45) is -4.27. The summed E-state index contributed by atoms with van der Waals surface area (Å²) in [6, 6.07) is 8.20. The monoisotopic (exact) mass is 328 g/mol. The maximum Gasteiger partial charge on any atom is 0.471 e. The molecule has 1 atom stereocenters. The van der Waals surface area contributed by atoms with E-state index in [1.54, 1.807) is 6.92 Å². The van der Waals surface area contributed by atoms with Crippen LogP contribution in [0.4, 0.5) is 13.2 Å².